The van der Waals surface area contributed by atoms with Crippen molar-refractivity contribution in [2.24, 2.45) is 0 Å². The average molecular weight is 290 g/mol. The minimum Gasteiger partial charge on any atom is -0.374 e. The Kier molecular flexibility index (Phi) is 3.95. The quantitative estimate of drug-likeness (QED) is 0.886. The Morgan fingerprint density at radius 2 is 2.25 bits per heavy atom. The van der Waals surface area contributed by atoms with Crippen LogP contribution in [0.2, 0.25) is 0 Å². The van der Waals surface area contributed by atoms with Crippen molar-refractivity contribution in [1.82, 2.24) is 14.7 Å². The molecular formula is C14H18N4OS. The standard InChI is InChI=1S/C14H18N4OS/c1-9(19-2)13-17-14(20-18-13)16-6-10-3-4-11-7-15-8-12(11)5-10/h3-5,9,15H,6-8H2,1-2H3,(H,16,17,18)/t9-/m0/s1. The number of hydrogen-bond acceptors (Lipinski definition) is 6. The predicted octanol–water partition coefficient (Wildman–Crippen LogP) is 2.46. The van der Waals surface area contributed by atoms with Gasteiger partial charge in [0.05, 0.1) is 0 Å². The summed E-state index contributed by atoms with van der Waals surface area (Å²) in [4.78, 5) is 4.43. The van der Waals surface area contributed by atoms with Crippen molar-refractivity contribution in [1.29, 1.82) is 0 Å². The largest absolute Gasteiger partial charge is 0.374 e. The van der Waals surface area contributed by atoms with E-state index in [0.29, 0.717) is 0 Å². The molecule has 1 aliphatic rings. The van der Waals surface area contributed by atoms with Gasteiger partial charge >= 0.3 is 0 Å². The Balaban J connectivity index is 1.63. The highest BCUT2D eigenvalue weighted by atomic mass is 32.1. The Morgan fingerprint density at radius 3 is 3.10 bits per heavy atom. The number of aromatic nitrogens is 2. The Morgan fingerprint density at radius 1 is 1.40 bits per heavy atom. The molecule has 0 spiro atoms. The second kappa shape index (κ2) is 5.87. The molecule has 1 aromatic carbocycles. The molecule has 2 aromatic rings. The highest BCUT2D eigenvalue weighted by Crippen LogP contribution is 2.20. The molecule has 6 heteroatoms. The lowest BCUT2D eigenvalue weighted by molar-refractivity contribution is 0.113. The second-order valence-electron chi connectivity index (χ2n) is 4.90. The van der Waals surface area contributed by atoms with Crippen molar-refractivity contribution in [3.8, 4) is 0 Å². The number of fused-ring (bicyclic) bond motifs is 1. The normalized spacial score (nSPS) is 15.1. The summed E-state index contributed by atoms with van der Waals surface area (Å²) in [5.41, 5.74) is 4.07. The number of ether oxygens (including phenoxy) is 1. The molecule has 0 saturated carbocycles. The number of hydrogen-bond donors (Lipinski definition) is 2. The number of nitrogens with zero attached hydrogens (tertiary/aromatic N) is 2. The third kappa shape index (κ3) is 2.82. The van der Waals surface area contributed by atoms with Gasteiger partial charge in [-0.25, -0.2) is 4.98 Å². The van der Waals surface area contributed by atoms with Crippen LogP contribution in [0.5, 0.6) is 0 Å². The van der Waals surface area contributed by atoms with Crippen LogP contribution in [0.4, 0.5) is 5.13 Å². The molecule has 0 aliphatic carbocycles. The zero-order valence-corrected chi connectivity index (χ0v) is 12.5. The third-order valence-electron chi connectivity index (χ3n) is 3.50. The molecule has 0 fully saturated rings. The maximum atomic E-state index is 5.21. The fourth-order valence-corrected chi connectivity index (χ4v) is 2.85. The lowest BCUT2D eigenvalue weighted by atomic mass is 10.1. The van der Waals surface area contributed by atoms with Crippen molar-refractivity contribution in [3.63, 3.8) is 0 Å². The van der Waals surface area contributed by atoms with E-state index in [4.69, 9.17) is 4.74 Å². The topological polar surface area (TPSA) is 59.1 Å². The van der Waals surface area contributed by atoms with Crippen LogP contribution < -0.4 is 10.6 Å². The van der Waals surface area contributed by atoms with E-state index < -0.39 is 0 Å². The van der Waals surface area contributed by atoms with Gasteiger partial charge in [-0.3, -0.25) is 0 Å². The van der Waals surface area contributed by atoms with Crippen LogP contribution >= 0.6 is 11.5 Å². The second-order valence-corrected chi connectivity index (χ2v) is 5.65. The Labute approximate surface area is 122 Å². The van der Waals surface area contributed by atoms with E-state index in [1.165, 1.54) is 28.2 Å². The number of rotatable bonds is 5. The van der Waals surface area contributed by atoms with Gasteiger partial charge in [0.15, 0.2) is 5.82 Å². The monoisotopic (exact) mass is 290 g/mol. The summed E-state index contributed by atoms with van der Waals surface area (Å²) >= 11 is 1.37. The fraction of sp³-hybridized carbons (Fsp3) is 0.429. The zero-order chi connectivity index (χ0) is 13.9. The third-order valence-corrected chi connectivity index (χ3v) is 4.19. The molecule has 2 heterocycles. The first-order chi connectivity index (χ1) is 9.76. The van der Waals surface area contributed by atoms with Gasteiger partial charge in [-0.15, -0.1) is 0 Å². The Bertz CT molecular complexity index is 599. The molecule has 20 heavy (non-hydrogen) atoms. The van der Waals surface area contributed by atoms with Gasteiger partial charge in [-0.1, -0.05) is 18.2 Å². The lowest BCUT2D eigenvalue weighted by Gasteiger charge is -2.05. The van der Waals surface area contributed by atoms with Gasteiger partial charge in [0.1, 0.15) is 6.10 Å². The fourth-order valence-electron chi connectivity index (χ4n) is 2.21. The number of nitrogens with one attached hydrogen (secondary N) is 2. The van der Waals surface area contributed by atoms with E-state index in [2.05, 4.69) is 38.2 Å². The van der Waals surface area contributed by atoms with Gasteiger partial charge in [-0.05, 0) is 23.6 Å². The molecule has 0 unspecified atom stereocenters. The molecule has 2 N–H and O–H groups in total. The molecule has 3 rings (SSSR count). The maximum absolute atomic E-state index is 5.21. The van der Waals surface area contributed by atoms with Gasteiger partial charge in [0.2, 0.25) is 5.13 Å². The number of anilines is 1. The molecule has 1 atom stereocenters. The smallest absolute Gasteiger partial charge is 0.202 e. The van der Waals surface area contributed by atoms with E-state index in [9.17, 15) is 0 Å². The molecule has 1 aliphatic heterocycles. The summed E-state index contributed by atoms with van der Waals surface area (Å²) in [6, 6.07) is 6.62. The first-order valence-corrected chi connectivity index (χ1v) is 7.45. The highest BCUT2D eigenvalue weighted by Gasteiger charge is 2.12. The van der Waals surface area contributed by atoms with Gasteiger partial charge in [0.25, 0.3) is 0 Å². The van der Waals surface area contributed by atoms with E-state index in [1.807, 2.05) is 6.92 Å². The summed E-state index contributed by atoms with van der Waals surface area (Å²) in [6.45, 7) is 4.66. The first-order valence-electron chi connectivity index (χ1n) is 6.68. The number of methoxy groups -OCH3 is 1. The van der Waals surface area contributed by atoms with Crippen molar-refractivity contribution >= 4 is 16.7 Å². The summed E-state index contributed by atoms with van der Waals surface area (Å²) in [6.07, 6.45) is -0.0622. The average Bonchev–Trinajstić information content (AvgIpc) is 3.12. The summed E-state index contributed by atoms with van der Waals surface area (Å²) in [5, 5.41) is 7.51. The summed E-state index contributed by atoms with van der Waals surface area (Å²) in [7, 11) is 1.66. The molecule has 0 radical (unpaired) electrons. The van der Waals surface area contributed by atoms with Crippen molar-refractivity contribution in [2.45, 2.75) is 32.7 Å². The van der Waals surface area contributed by atoms with Gasteiger partial charge in [-0.2, -0.15) is 4.37 Å². The highest BCUT2D eigenvalue weighted by molar-refractivity contribution is 7.09. The van der Waals surface area contributed by atoms with E-state index in [0.717, 1.165) is 30.6 Å². The van der Waals surface area contributed by atoms with E-state index >= 15 is 0 Å². The first kappa shape index (κ1) is 13.5. The van der Waals surface area contributed by atoms with Crippen LogP contribution in [0.25, 0.3) is 0 Å². The Hall–Kier alpha value is -1.50. The summed E-state index contributed by atoms with van der Waals surface area (Å²) < 4.78 is 9.50. The van der Waals surface area contributed by atoms with Gasteiger partial charge < -0.3 is 15.4 Å². The van der Waals surface area contributed by atoms with E-state index in [-0.39, 0.29) is 6.10 Å². The van der Waals surface area contributed by atoms with Crippen molar-refractivity contribution in [3.05, 3.63) is 40.7 Å². The van der Waals surface area contributed by atoms with Crippen LogP contribution in [-0.4, -0.2) is 16.5 Å². The van der Waals surface area contributed by atoms with E-state index in [1.54, 1.807) is 7.11 Å². The SMILES string of the molecule is CO[C@@H](C)c1nsc(NCc2ccc3c(c2)CNC3)n1. The van der Waals surface area contributed by atoms with Crippen LogP contribution in [-0.2, 0) is 24.4 Å². The van der Waals surface area contributed by atoms with Crippen LogP contribution in [0, 0.1) is 0 Å². The molecule has 1 aromatic heterocycles. The van der Waals surface area contributed by atoms with Crippen molar-refractivity contribution in [2.75, 3.05) is 12.4 Å². The lowest BCUT2D eigenvalue weighted by Crippen LogP contribution is -2.02. The molecule has 0 amide bonds. The molecule has 5 nitrogen and oxygen atoms in total. The molecule has 0 bridgehead atoms. The maximum Gasteiger partial charge on any atom is 0.202 e. The van der Waals surface area contributed by atoms with Crippen molar-refractivity contribution < 1.29 is 4.74 Å². The minimum absolute atomic E-state index is 0.0622. The predicted molar refractivity (Wildman–Crippen MR) is 79.6 cm³/mol. The number of benzene rings is 1. The molecular weight excluding hydrogens is 272 g/mol. The van der Waals surface area contributed by atoms with Crippen LogP contribution in [0.15, 0.2) is 18.2 Å². The zero-order valence-electron chi connectivity index (χ0n) is 11.6. The van der Waals surface area contributed by atoms with Gasteiger partial charge in [0, 0.05) is 38.3 Å². The summed E-state index contributed by atoms with van der Waals surface area (Å²) in [5.74, 6) is 0.734. The van der Waals surface area contributed by atoms with Crippen LogP contribution in [0.1, 0.15) is 35.5 Å². The minimum atomic E-state index is -0.0622. The van der Waals surface area contributed by atoms with Crippen LogP contribution in [0.3, 0.4) is 0 Å². The molecule has 0 saturated heterocycles. The molecule has 106 valence electrons.